The fourth-order valence-corrected chi connectivity index (χ4v) is 5.14. The molecule has 0 saturated carbocycles. The van der Waals surface area contributed by atoms with Crippen molar-refractivity contribution in [2.24, 2.45) is 0 Å². The number of benzene rings is 2. The van der Waals surface area contributed by atoms with Gasteiger partial charge in [-0.15, -0.1) is 0 Å². The summed E-state index contributed by atoms with van der Waals surface area (Å²) in [6.07, 6.45) is 1.68. The van der Waals surface area contributed by atoms with Crippen LogP contribution in [0.15, 0.2) is 30.3 Å². The van der Waals surface area contributed by atoms with Crippen molar-refractivity contribution in [1.29, 1.82) is 0 Å². The van der Waals surface area contributed by atoms with Gasteiger partial charge in [0.05, 0.1) is 24.0 Å². The Bertz CT molecular complexity index is 1190. The molecule has 1 amide bonds. The van der Waals surface area contributed by atoms with Crippen LogP contribution in [0.25, 0.3) is 0 Å². The van der Waals surface area contributed by atoms with Gasteiger partial charge in [0, 0.05) is 36.5 Å². The number of ether oxygens (including phenoxy) is 2. The first kappa shape index (κ1) is 22.0. The number of halogens is 1. The summed E-state index contributed by atoms with van der Waals surface area (Å²) in [5.74, 6) is 0.971. The molecule has 1 spiro atoms. The summed E-state index contributed by atoms with van der Waals surface area (Å²) in [6, 6.07) is 8.57. The van der Waals surface area contributed by atoms with E-state index in [9.17, 15) is 14.4 Å². The molecule has 3 aliphatic heterocycles. The monoisotopic (exact) mass is 467 g/mol. The molecule has 0 N–H and O–H groups in total. The van der Waals surface area contributed by atoms with Gasteiger partial charge in [-0.2, -0.15) is 0 Å². The van der Waals surface area contributed by atoms with Crippen molar-refractivity contribution in [3.63, 3.8) is 0 Å². The summed E-state index contributed by atoms with van der Waals surface area (Å²) in [5.41, 5.74) is 1.17. The normalized spacial score (nSPS) is 20.5. The van der Waals surface area contributed by atoms with Gasteiger partial charge in [0.2, 0.25) is 0 Å². The van der Waals surface area contributed by atoms with Crippen molar-refractivity contribution < 1.29 is 23.9 Å². The lowest BCUT2D eigenvalue weighted by molar-refractivity contribution is -0.00573. The van der Waals surface area contributed by atoms with Gasteiger partial charge in [-0.05, 0) is 56.7 Å². The number of hydrogen-bond acceptors (Lipinski definition) is 5. The minimum absolute atomic E-state index is 0.0170. The van der Waals surface area contributed by atoms with Crippen LogP contribution in [0.1, 0.15) is 76.2 Å². The molecular weight excluding hydrogens is 442 g/mol. The first-order valence-corrected chi connectivity index (χ1v) is 11.6. The highest BCUT2D eigenvalue weighted by Gasteiger charge is 2.44. The third-order valence-corrected chi connectivity index (χ3v) is 7.24. The van der Waals surface area contributed by atoms with Gasteiger partial charge in [-0.1, -0.05) is 11.6 Å². The maximum Gasteiger partial charge on any atom is 0.253 e. The van der Waals surface area contributed by atoms with Crippen LogP contribution in [0.4, 0.5) is 0 Å². The highest BCUT2D eigenvalue weighted by atomic mass is 35.5. The third kappa shape index (κ3) is 3.90. The van der Waals surface area contributed by atoms with Crippen molar-refractivity contribution >= 4 is 29.1 Å². The molecule has 0 bridgehead atoms. The predicted octanol–water partition coefficient (Wildman–Crippen LogP) is 5.03. The minimum atomic E-state index is -0.605. The van der Waals surface area contributed by atoms with Gasteiger partial charge in [-0.3, -0.25) is 14.4 Å². The molecule has 33 heavy (non-hydrogen) atoms. The van der Waals surface area contributed by atoms with Crippen LogP contribution < -0.4 is 9.47 Å². The molecule has 1 saturated heterocycles. The number of carbonyl (C=O) groups excluding carboxylic acids is 3. The lowest BCUT2D eigenvalue weighted by atomic mass is 9.82. The molecule has 0 unspecified atom stereocenters. The molecule has 0 radical (unpaired) electrons. The number of Topliss-reactive ketones (excluding diaryl/α,β-unsaturated/α-hetero) is 2. The van der Waals surface area contributed by atoms with E-state index in [1.165, 1.54) is 0 Å². The highest BCUT2D eigenvalue weighted by molar-refractivity contribution is 6.31. The molecule has 0 aliphatic carbocycles. The average molecular weight is 468 g/mol. The predicted molar refractivity (Wildman–Crippen MR) is 124 cm³/mol. The molecule has 0 atom stereocenters. The van der Waals surface area contributed by atoms with Crippen molar-refractivity contribution in [3.8, 4) is 11.5 Å². The average Bonchev–Trinajstić information content (AvgIpc) is 2.74. The van der Waals surface area contributed by atoms with Crippen LogP contribution in [-0.4, -0.2) is 46.7 Å². The van der Waals surface area contributed by atoms with Crippen LogP contribution >= 0.6 is 11.6 Å². The van der Waals surface area contributed by atoms with Gasteiger partial charge in [0.15, 0.2) is 11.6 Å². The van der Waals surface area contributed by atoms with Crippen molar-refractivity contribution in [2.45, 2.75) is 57.7 Å². The molecular formula is C26H26ClNO5. The van der Waals surface area contributed by atoms with E-state index >= 15 is 0 Å². The van der Waals surface area contributed by atoms with Crippen molar-refractivity contribution in [3.05, 3.63) is 57.6 Å². The van der Waals surface area contributed by atoms with Crippen LogP contribution in [0.3, 0.4) is 0 Å². The molecule has 6 nitrogen and oxygen atoms in total. The van der Waals surface area contributed by atoms with Crippen LogP contribution in [0, 0.1) is 6.92 Å². The smallest absolute Gasteiger partial charge is 0.253 e. The van der Waals surface area contributed by atoms with Crippen molar-refractivity contribution in [2.75, 3.05) is 13.1 Å². The number of ketones is 2. The summed E-state index contributed by atoms with van der Waals surface area (Å²) >= 11 is 6.19. The van der Waals surface area contributed by atoms with E-state index in [0.717, 1.165) is 5.56 Å². The maximum atomic E-state index is 13.2. The number of aryl methyl sites for hydroxylation is 1. The molecule has 3 aliphatic rings. The molecule has 2 aromatic carbocycles. The summed E-state index contributed by atoms with van der Waals surface area (Å²) in [6.45, 7) is 6.59. The summed E-state index contributed by atoms with van der Waals surface area (Å²) < 4.78 is 12.2. The number of hydrogen-bond donors (Lipinski definition) is 0. The SMILES string of the molecule is Cc1cc2c(cc1Cl)C(=O)CC1(CCN(C(=O)c3ccc4c(c3)C(=O)CC(C)(C)O4)CC1)O2. The Morgan fingerprint density at radius 2 is 1.61 bits per heavy atom. The standard InChI is InChI=1S/C26H26ClNO5/c1-15-10-23-18(12-19(15)27)21(30)14-26(33-23)6-8-28(9-7-26)24(31)16-4-5-22-17(11-16)20(29)13-25(2,3)32-22/h4-5,10-12H,6-9,13-14H2,1-3H3. The highest BCUT2D eigenvalue weighted by Crippen LogP contribution is 2.41. The molecule has 0 aromatic heterocycles. The van der Waals surface area contributed by atoms with Gasteiger partial charge < -0.3 is 14.4 Å². The van der Waals surface area contributed by atoms with Gasteiger partial charge in [-0.25, -0.2) is 0 Å². The Morgan fingerprint density at radius 3 is 2.33 bits per heavy atom. The summed E-state index contributed by atoms with van der Waals surface area (Å²) in [5, 5.41) is 0.555. The molecule has 1 fully saturated rings. The first-order valence-electron chi connectivity index (χ1n) is 11.2. The van der Waals surface area contributed by atoms with Crippen LogP contribution in [0.5, 0.6) is 11.5 Å². The zero-order chi connectivity index (χ0) is 23.5. The topological polar surface area (TPSA) is 72.9 Å². The van der Waals surface area contributed by atoms with Gasteiger partial charge in [0.25, 0.3) is 5.91 Å². The molecule has 2 aromatic rings. The zero-order valence-electron chi connectivity index (χ0n) is 19.0. The van der Waals surface area contributed by atoms with Crippen LogP contribution in [-0.2, 0) is 0 Å². The number of amides is 1. The van der Waals surface area contributed by atoms with E-state index < -0.39 is 11.2 Å². The van der Waals surface area contributed by atoms with E-state index in [1.54, 1.807) is 29.2 Å². The molecule has 3 heterocycles. The van der Waals surface area contributed by atoms with E-state index in [1.807, 2.05) is 26.8 Å². The van der Waals surface area contributed by atoms with E-state index in [2.05, 4.69) is 0 Å². The fourth-order valence-electron chi connectivity index (χ4n) is 4.98. The lowest BCUT2D eigenvalue weighted by Crippen LogP contribution is -2.52. The largest absolute Gasteiger partial charge is 0.487 e. The Kier molecular flexibility index (Phi) is 5.05. The molecule has 5 rings (SSSR count). The quantitative estimate of drug-likeness (QED) is 0.588. The minimum Gasteiger partial charge on any atom is -0.487 e. The number of piperidine rings is 1. The maximum absolute atomic E-state index is 13.2. The third-order valence-electron chi connectivity index (χ3n) is 6.83. The molecule has 7 heteroatoms. The van der Waals surface area contributed by atoms with E-state index in [-0.39, 0.29) is 30.3 Å². The Balaban J connectivity index is 1.31. The molecule has 172 valence electrons. The second-order valence-electron chi connectivity index (χ2n) is 9.95. The fraction of sp³-hybridized carbons (Fsp3) is 0.423. The summed E-state index contributed by atoms with van der Waals surface area (Å²) in [4.78, 5) is 40.3. The summed E-state index contributed by atoms with van der Waals surface area (Å²) in [7, 11) is 0. The van der Waals surface area contributed by atoms with Crippen LogP contribution in [0.2, 0.25) is 5.02 Å². The van der Waals surface area contributed by atoms with E-state index in [0.29, 0.717) is 59.1 Å². The van der Waals surface area contributed by atoms with E-state index in [4.69, 9.17) is 21.1 Å². The number of fused-ring (bicyclic) bond motifs is 2. The second kappa shape index (κ2) is 7.59. The van der Waals surface area contributed by atoms with Gasteiger partial charge in [0.1, 0.15) is 22.7 Å². The number of likely N-dealkylation sites (tertiary alicyclic amines) is 1. The number of nitrogens with zero attached hydrogens (tertiary/aromatic N) is 1. The second-order valence-corrected chi connectivity index (χ2v) is 10.4. The Morgan fingerprint density at radius 1 is 0.939 bits per heavy atom. The number of rotatable bonds is 1. The Labute approximate surface area is 197 Å². The lowest BCUT2D eigenvalue weighted by Gasteiger charge is -2.44. The number of carbonyl (C=O) groups is 3. The van der Waals surface area contributed by atoms with Crippen molar-refractivity contribution in [1.82, 2.24) is 4.90 Å². The Hall–Kier alpha value is -2.86. The van der Waals surface area contributed by atoms with Gasteiger partial charge >= 0.3 is 0 Å². The first-order chi connectivity index (χ1) is 15.6. The zero-order valence-corrected chi connectivity index (χ0v) is 19.8.